The Morgan fingerprint density at radius 2 is 2.25 bits per heavy atom. The molecule has 1 saturated heterocycles. The van der Waals surface area contributed by atoms with Gasteiger partial charge in [-0.05, 0) is 13.3 Å². The first-order valence-electron chi connectivity index (χ1n) is 5.43. The summed E-state index contributed by atoms with van der Waals surface area (Å²) < 4.78 is 11.0. The van der Waals surface area contributed by atoms with Crippen LogP contribution in [-0.2, 0) is 15.3 Å². The predicted octanol–water partition coefficient (Wildman–Crippen LogP) is 2.35. The Morgan fingerprint density at radius 3 is 2.88 bits per heavy atom. The van der Waals surface area contributed by atoms with Crippen LogP contribution in [0.25, 0.3) is 0 Å². The van der Waals surface area contributed by atoms with Crippen molar-refractivity contribution in [3.05, 3.63) is 16.1 Å². The summed E-state index contributed by atoms with van der Waals surface area (Å²) in [5.74, 6) is -0.665. The molecule has 0 bridgehead atoms. The molecule has 0 unspecified atom stereocenters. The standard InChI is InChI=1S/C11H15NO3S/c1-3-4-8(13)10-12-9(7-16-10)11(2)14-5-6-15-11/h7H,3-6H2,1-2H3. The monoisotopic (exact) mass is 241 g/mol. The Hall–Kier alpha value is -0.780. The second kappa shape index (κ2) is 4.61. The van der Waals surface area contributed by atoms with E-state index in [1.807, 2.05) is 19.2 Å². The third kappa shape index (κ3) is 2.16. The van der Waals surface area contributed by atoms with Gasteiger partial charge in [-0.1, -0.05) is 6.92 Å². The van der Waals surface area contributed by atoms with Gasteiger partial charge in [0.25, 0.3) is 0 Å². The Bertz CT molecular complexity index is 382. The maximum atomic E-state index is 11.6. The average molecular weight is 241 g/mol. The molecule has 1 fully saturated rings. The second-order valence-electron chi connectivity index (χ2n) is 3.85. The summed E-state index contributed by atoms with van der Waals surface area (Å²) in [6.07, 6.45) is 1.39. The number of ether oxygens (including phenoxy) is 2. The van der Waals surface area contributed by atoms with Crippen molar-refractivity contribution >= 4 is 17.1 Å². The predicted molar refractivity (Wildman–Crippen MR) is 60.6 cm³/mol. The van der Waals surface area contributed by atoms with Crippen molar-refractivity contribution in [1.29, 1.82) is 0 Å². The lowest BCUT2D eigenvalue weighted by Gasteiger charge is -2.19. The van der Waals surface area contributed by atoms with E-state index in [2.05, 4.69) is 4.98 Å². The molecule has 0 amide bonds. The molecule has 0 saturated carbocycles. The fourth-order valence-electron chi connectivity index (χ4n) is 1.61. The molecule has 88 valence electrons. The topological polar surface area (TPSA) is 48.4 Å². The minimum atomic E-state index is -0.763. The number of ketones is 1. The normalized spacial score (nSPS) is 18.9. The SMILES string of the molecule is CCCC(=O)c1nc(C2(C)OCCO2)cs1. The number of carbonyl (C=O) groups is 1. The zero-order valence-electron chi connectivity index (χ0n) is 9.49. The van der Waals surface area contributed by atoms with Crippen molar-refractivity contribution in [3.63, 3.8) is 0 Å². The molecule has 2 heterocycles. The Labute approximate surface area is 98.6 Å². The van der Waals surface area contributed by atoms with Crippen molar-refractivity contribution in [2.45, 2.75) is 32.5 Å². The Kier molecular flexibility index (Phi) is 3.37. The molecular weight excluding hydrogens is 226 g/mol. The number of Topliss-reactive ketones (excluding diaryl/α,β-unsaturated/α-hetero) is 1. The van der Waals surface area contributed by atoms with Gasteiger partial charge in [-0.25, -0.2) is 4.98 Å². The quantitative estimate of drug-likeness (QED) is 0.759. The van der Waals surface area contributed by atoms with Crippen molar-refractivity contribution in [2.75, 3.05) is 13.2 Å². The first kappa shape index (κ1) is 11.7. The van der Waals surface area contributed by atoms with Gasteiger partial charge in [-0.2, -0.15) is 0 Å². The van der Waals surface area contributed by atoms with Gasteiger partial charge in [0.15, 0.2) is 10.8 Å². The number of carbonyl (C=O) groups excluding carboxylic acids is 1. The maximum Gasteiger partial charge on any atom is 0.210 e. The van der Waals surface area contributed by atoms with Crippen LogP contribution in [0, 0.1) is 0 Å². The number of nitrogens with zero attached hydrogens (tertiary/aromatic N) is 1. The van der Waals surface area contributed by atoms with Crippen molar-refractivity contribution < 1.29 is 14.3 Å². The van der Waals surface area contributed by atoms with E-state index in [4.69, 9.17) is 9.47 Å². The number of aromatic nitrogens is 1. The molecular formula is C11H15NO3S. The van der Waals surface area contributed by atoms with Crippen LogP contribution < -0.4 is 0 Å². The number of rotatable bonds is 4. The summed E-state index contributed by atoms with van der Waals surface area (Å²) in [4.78, 5) is 15.9. The summed E-state index contributed by atoms with van der Waals surface area (Å²) in [5.41, 5.74) is 0.703. The van der Waals surface area contributed by atoms with E-state index in [-0.39, 0.29) is 5.78 Å². The third-order valence-corrected chi connectivity index (χ3v) is 3.41. The van der Waals surface area contributed by atoms with Crippen molar-refractivity contribution in [2.24, 2.45) is 0 Å². The Balaban J connectivity index is 2.16. The lowest BCUT2D eigenvalue weighted by Crippen LogP contribution is -2.23. The van der Waals surface area contributed by atoms with Crippen LogP contribution in [0.15, 0.2) is 5.38 Å². The molecule has 0 aromatic carbocycles. The molecule has 1 aliphatic heterocycles. The maximum absolute atomic E-state index is 11.6. The number of thiazole rings is 1. The van der Waals surface area contributed by atoms with E-state index >= 15 is 0 Å². The molecule has 1 aliphatic rings. The molecule has 0 atom stereocenters. The minimum absolute atomic E-state index is 0.0975. The van der Waals surface area contributed by atoms with Gasteiger partial charge < -0.3 is 9.47 Å². The summed E-state index contributed by atoms with van der Waals surface area (Å²) >= 11 is 1.36. The first-order chi connectivity index (χ1) is 7.65. The van der Waals surface area contributed by atoms with Gasteiger partial charge in [-0.3, -0.25) is 4.79 Å². The molecule has 0 N–H and O–H groups in total. The van der Waals surface area contributed by atoms with Crippen LogP contribution >= 0.6 is 11.3 Å². The van der Waals surface area contributed by atoms with Crippen LogP contribution in [-0.4, -0.2) is 24.0 Å². The van der Waals surface area contributed by atoms with Crippen molar-refractivity contribution in [3.8, 4) is 0 Å². The average Bonchev–Trinajstić information content (AvgIpc) is 2.86. The molecule has 1 aromatic rings. The highest BCUT2D eigenvalue weighted by Crippen LogP contribution is 2.31. The molecule has 2 rings (SSSR count). The van der Waals surface area contributed by atoms with Gasteiger partial charge in [0.2, 0.25) is 5.79 Å². The molecule has 5 heteroatoms. The lowest BCUT2D eigenvalue weighted by atomic mass is 10.2. The van der Waals surface area contributed by atoms with E-state index in [0.717, 1.165) is 6.42 Å². The molecule has 0 aliphatic carbocycles. The summed E-state index contributed by atoms with van der Waals surface area (Å²) in [6.45, 7) is 4.97. The van der Waals surface area contributed by atoms with Crippen LogP contribution in [0.4, 0.5) is 0 Å². The number of hydrogen-bond donors (Lipinski definition) is 0. The van der Waals surface area contributed by atoms with Gasteiger partial charge >= 0.3 is 0 Å². The van der Waals surface area contributed by atoms with Crippen LogP contribution in [0.2, 0.25) is 0 Å². The highest BCUT2D eigenvalue weighted by molar-refractivity contribution is 7.11. The fourth-order valence-corrected chi connectivity index (χ4v) is 2.48. The fraction of sp³-hybridized carbons (Fsp3) is 0.636. The van der Waals surface area contributed by atoms with E-state index in [9.17, 15) is 4.79 Å². The van der Waals surface area contributed by atoms with Gasteiger partial charge in [0.05, 0.1) is 13.2 Å². The first-order valence-corrected chi connectivity index (χ1v) is 6.31. The van der Waals surface area contributed by atoms with E-state index in [1.54, 1.807) is 0 Å². The van der Waals surface area contributed by atoms with Crippen LogP contribution in [0.1, 0.15) is 42.2 Å². The van der Waals surface area contributed by atoms with Crippen molar-refractivity contribution in [1.82, 2.24) is 4.98 Å². The molecule has 0 radical (unpaired) electrons. The zero-order chi connectivity index (χ0) is 11.6. The number of hydrogen-bond acceptors (Lipinski definition) is 5. The summed E-state index contributed by atoms with van der Waals surface area (Å²) in [5, 5.41) is 2.39. The largest absolute Gasteiger partial charge is 0.342 e. The minimum Gasteiger partial charge on any atom is -0.342 e. The second-order valence-corrected chi connectivity index (χ2v) is 4.71. The molecule has 0 spiro atoms. The molecule has 1 aromatic heterocycles. The van der Waals surface area contributed by atoms with Crippen LogP contribution in [0.5, 0.6) is 0 Å². The van der Waals surface area contributed by atoms with E-state index in [0.29, 0.717) is 30.3 Å². The molecule has 4 nitrogen and oxygen atoms in total. The van der Waals surface area contributed by atoms with Crippen LogP contribution in [0.3, 0.4) is 0 Å². The van der Waals surface area contributed by atoms with Gasteiger partial charge in [0, 0.05) is 11.8 Å². The van der Waals surface area contributed by atoms with E-state index < -0.39 is 5.79 Å². The summed E-state index contributed by atoms with van der Waals surface area (Å²) in [7, 11) is 0. The highest BCUT2D eigenvalue weighted by atomic mass is 32.1. The van der Waals surface area contributed by atoms with Gasteiger partial charge in [0.1, 0.15) is 5.69 Å². The highest BCUT2D eigenvalue weighted by Gasteiger charge is 2.35. The van der Waals surface area contributed by atoms with E-state index in [1.165, 1.54) is 11.3 Å². The Morgan fingerprint density at radius 1 is 1.56 bits per heavy atom. The molecule has 16 heavy (non-hydrogen) atoms. The van der Waals surface area contributed by atoms with Gasteiger partial charge in [-0.15, -0.1) is 11.3 Å². The third-order valence-electron chi connectivity index (χ3n) is 2.52. The smallest absolute Gasteiger partial charge is 0.210 e. The lowest BCUT2D eigenvalue weighted by molar-refractivity contribution is -0.152. The zero-order valence-corrected chi connectivity index (χ0v) is 10.3. The summed E-state index contributed by atoms with van der Waals surface area (Å²) in [6, 6.07) is 0.